The Morgan fingerprint density at radius 2 is 2.04 bits per heavy atom. The largest absolute Gasteiger partial charge is 0.348 e. The molecule has 2 amide bonds. The van der Waals surface area contributed by atoms with Gasteiger partial charge in [0.25, 0.3) is 5.91 Å². The number of likely N-dealkylation sites (tertiary alicyclic amines) is 1. The van der Waals surface area contributed by atoms with Gasteiger partial charge in [0.1, 0.15) is 11.4 Å². The van der Waals surface area contributed by atoms with Crippen LogP contribution < -0.4 is 5.32 Å². The Balaban J connectivity index is 1.39. The van der Waals surface area contributed by atoms with E-state index in [4.69, 9.17) is 0 Å². The number of carbonyl (C=O) groups excluding carboxylic acids is 2. The summed E-state index contributed by atoms with van der Waals surface area (Å²) in [5.41, 5.74) is 0.369. The van der Waals surface area contributed by atoms with E-state index in [2.05, 4.69) is 20.4 Å². The Morgan fingerprint density at radius 3 is 2.81 bits per heavy atom. The Kier molecular flexibility index (Phi) is 4.87. The van der Waals surface area contributed by atoms with E-state index in [9.17, 15) is 9.59 Å². The highest BCUT2D eigenvalue weighted by Crippen LogP contribution is 2.20. The van der Waals surface area contributed by atoms with E-state index in [0.29, 0.717) is 28.3 Å². The summed E-state index contributed by atoms with van der Waals surface area (Å²) < 4.78 is 1.55. The van der Waals surface area contributed by atoms with Crippen LogP contribution in [-0.2, 0) is 4.79 Å². The number of amides is 2. The molecule has 136 valence electrons. The van der Waals surface area contributed by atoms with Crippen LogP contribution in [0.1, 0.15) is 36.2 Å². The molecule has 2 aliphatic rings. The highest BCUT2D eigenvalue weighted by atomic mass is 32.2. The Bertz CT molecular complexity index is 813. The van der Waals surface area contributed by atoms with Gasteiger partial charge in [0.15, 0.2) is 11.5 Å². The third-order valence-corrected chi connectivity index (χ3v) is 5.31. The minimum Gasteiger partial charge on any atom is -0.348 e. The lowest BCUT2D eigenvalue weighted by Gasteiger charge is -2.14. The zero-order chi connectivity index (χ0) is 17.9. The third-order valence-electron chi connectivity index (χ3n) is 4.40. The number of aromatic nitrogens is 4. The van der Waals surface area contributed by atoms with Crippen LogP contribution in [0.5, 0.6) is 0 Å². The SMILES string of the molecule is O=C(NC1CC1)c1ccn(-c2cc(SCC(=O)N3CCCC3)ncn2)n1. The van der Waals surface area contributed by atoms with Gasteiger partial charge < -0.3 is 10.2 Å². The van der Waals surface area contributed by atoms with Gasteiger partial charge in [-0.1, -0.05) is 11.8 Å². The fourth-order valence-electron chi connectivity index (χ4n) is 2.79. The lowest BCUT2D eigenvalue weighted by molar-refractivity contribution is -0.127. The molecule has 2 aromatic heterocycles. The summed E-state index contributed by atoms with van der Waals surface area (Å²) in [6, 6.07) is 3.74. The second kappa shape index (κ2) is 7.45. The summed E-state index contributed by atoms with van der Waals surface area (Å²) in [6.07, 6.45) is 7.40. The van der Waals surface area contributed by atoms with Crippen LogP contribution in [0.2, 0.25) is 0 Å². The second-order valence-corrected chi connectivity index (χ2v) is 7.48. The van der Waals surface area contributed by atoms with Gasteiger partial charge in [0, 0.05) is 31.4 Å². The molecule has 26 heavy (non-hydrogen) atoms. The van der Waals surface area contributed by atoms with E-state index in [1.54, 1.807) is 23.0 Å². The van der Waals surface area contributed by atoms with Gasteiger partial charge in [0.2, 0.25) is 5.91 Å². The number of hydrogen-bond donors (Lipinski definition) is 1. The Hall–Kier alpha value is -2.42. The lowest BCUT2D eigenvalue weighted by Crippen LogP contribution is -2.29. The van der Waals surface area contributed by atoms with Crippen LogP contribution >= 0.6 is 11.8 Å². The quantitative estimate of drug-likeness (QED) is 0.606. The number of rotatable bonds is 6. The molecule has 1 aliphatic heterocycles. The van der Waals surface area contributed by atoms with Crippen molar-refractivity contribution >= 4 is 23.6 Å². The van der Waals surface area contributed by atoms with Gasteiger partial charge in [0.05, 0.1) is 5.75 Å². The third kappa shape index (κ3) is 4.04. The van der Waals surface area contributed by atoms with Gasteiger partial charge in [-0.2, -0.15) is 5.10 Å². The molecule has 1 N–H and O–H groups in total. The molecule has 8 nitrogen and oxygen atoms in total. The first-order valence-electron chi connectivity index (χ1n) is 8.78. The van der Waals surface area contributed by atoms with Crippen molar-refractivity contribution in [2.24, 2.45) is 0 Å². The molecule has 3 heterocycles. The minimum atomic E-state index is -0.161. The van der Waals surface area contributed by atoms with Crippen molar-refractivity contribution in [3.8, 4) is 5.82 Å². The number of thioether (sulfide) groups is 1. The molecular formula is C17H20N6O2S. The first kappa shape index (κ1) is 17.0. The topological polar surface area (TPSA) is 93.0 Å². The van der Waals surface area contributed by atoms with Crippen molar-refractivity contribution < 1.29 is 9.59 Å². The predicted molar refractivity (Wildman–Crippen MR) is 96.2 cm³/mol. The van der Waals surface area contributed by atoms with Crippen molar-refractivity contribution in [3.63, 3.8) is 0 Å². The maximum atomic E-state index is 12.1. The predicted octanol–water partition coefficient (Wildman–Crippen LogP) is 1.27. The van der Waals surface area contributed by atoms with Crippen molar-refractivity contribution in [2.45, 2.75) is 36.8 Å². The van der Waals surface area contributed by atoms with Crippen LogP contribution in [0.25, 0.3) is 5.82 Å². The number of nitrogens with one attached hydrogen (secondary N) is 1. The average molecular weight is 372 g/mol. The van der Waals surface area contributed by atoms with Crippen LogP contribution in [-0.4, -0.2) is 61.3 Å². The highest BCUT2D eigenvalue weighted by Gasteiger charge is 2.25. The summed E-state index contributed by atoms with van der Waals surface area (Å²) in [5.74, 6) is 0.920. The molecular weight excluding hydrogens is 352 g/mol. The summed E-state index contributed by atoms with van der Waals surface area (Å²) in [4.78, 5) is 34.5. The molecule has 9 heteroatoms. The van der Waals surface area contributed by atoms with Gasteiger partial charge in [-0.3, -0.25) is 9.59 Å². The normalized spacial score (nSPS) is 16.7. The summed E-state index contributed by atoms with van der Waals surface area (Å²) in [6.45, 7) is 1.71. The fourth-order valence-corrected chi connectivity index (χ4v) is 3.55. The molecule has 0 bridgehead atoms. The minimum absolute atomic E-state index is 0.144. The lowest BCUT2D eigenvalue weighted by atomic mass is 10.4. The summed E-state index contributed by atoms with van der Waals surface area (Å²) in [5, 5.41) is 7.91. The highest BCUT2D eigenvalue weighted by molar-refractivity contribution is 7.99. The molecule has 1 aliphatic carbocycles. The molecule has 1 saturated heterocycles. The van der Waals surface area contributed by atoms with E-state index in [1.165, 1.54) is 18.1 Å². The van der Waals surface area contributed by atoms with Gasteiger partial charge in [-0.15, -0.1) is 0 Å². The van der Waals surface area contributed by atoms with Crippen molar-refractivity contribution in [1.82, 2.24) is 30.0 Å². The summed E-state index contributed by atoms with van der Waals surface area (Å²) >= 11 is 1.39. The van der Waals surface area contributed by atoms with Gasteiger partial charge in [-0.05, 0) is 31.7 Å². The zero-order valence-electron chi connectivity index (χ0n) is 14.3. The number of hydrogen-bond acceptors (Lipinski definition) is 6. The summed E-state index contributed by atoms with van der Waals surface area (Å²) in [7, 11) is 0. The molecule has 0 spiro atoms. The second-order valence-electron chi connectivity index (χ2n) is 6.48. The van der Waals surface area contributed by atoms with Crippen LogP contribution in [0.3, 0.4) is 0 Å². The van der Waals surface area contributed by atoms with E-state index in [-0.39, 0.29) is 11.8 Å². The number of carbonyl (C=O) groups is 2. The molecule has 4 rings (SSSR count). The Labute approximate surface area is 155 Å². The molecule has 0 aromatic carbocycles. The average Bonchev–Trinajstić information content (AvgIpc) is 3.15. The molecule has 0 unspecified atom stereocenters. The van der Waals surface area contributed by atoms with Gasteiger partial charge in [-0.25, -0.2) is 14.6 Å². The van der Waals surface area contributed by atoms with E-state index in [0.717, 1.165) is 38.8 Å². The van der Waals surface area contributed by atoms with E-state index in [1.807, 2.05) is 4.90 Å². The standard InChI is InChI=1S/C17H20N6O2S/c24-16(22-6-1-2-7-22)10-26-15-9-14(18-11-19-15)23-8-5-13(21-23)17(25)20-12-3-4-12/h5,8-9,11-12H,1-4,6-7,10H2,(H,20,25). The number of nitrogens with zero attached hydrogens (tertiary/aromatic N) is 5. The zero-order valence-corrected chi connectivity index (χ0v) is 15.1. The van der Waals surface area contributed by atoms with Crippen LogP contribution in [0, 0.1) is 0 Å². The molecule has 2 aromatic rings. The molecule has 0 radical (unpaired) electrons. The molecule has 1 saturated carbocycles. The first-order chi connectivity index (χ1) is 12.7. The van der Waals surface area contributed by atoms with Gasteiger partial charge >= 0.3 is 0 Å². The van der Waals surface area contributed by atoms with Crippen molar-refractivity contribution in [2.75, 3.05) is 18.8 Å². The van der Waals surface area contributed by atoms with E-state index < -0.39 is 0 Å². The van der Waals surface area contributed by atoms with Crippen molar-refractivity contribution in [1.29, 1.82) is 0 Å². The Morgan fingerprint density at radius 1 is 1.23 bits per heavy atom. The smallest absolute Gasteiger partial charge is 0.272 e. The maximum absolute atomic E-state index is 12.1. The monoisotopic (exact) mass is 372 g/mol. The molecule has 2 fully saturated rings. The van der Waals surface area contributed by atoms with Crippen molar-refractivity contribution in [3.05, 3.63) is 30.4 Å². The molecule has 0 atom stereocenters. The van der Waals surface area contributed by atoms with Crippen LogP contribution in [0.4, 0.5) is 0 Å². The fraction of sp³-hybridized carbons (Fsp3) is 0.471. The first-order valence-corrected chi connectivity index (χ1v) is 9.77. The van der Waals surface area contributed by atoms with E-state index >= 15 is 0 Å². The van der Waals surface area contributed by atoms with Crippen LogP contribution in [0.15, 0.2) is 29.7 Å². The maximum Gasteiger partial charge on any atom is 0.272 e.